The third kappa shape index (κ3) is 10.8. The number of hydrogen-bond donors (Lipinski definition) is 8. The number of likely N-dealkylation sites (N-methyl/N-ethyl adjacent to an activating group) is 2. The van der Waals surface area contributed by atoms with Gasteiger partial charge < -0.3 is 98.0 Å². The molecule has 0 aromatic heterocycles. The monoisotopic (exact) mass is 1070 g/mol. The van der Waals surface area contributed by atoms with Crippen LogP contribution in [-0.2, 0) is 47.4 Å². The van der Waals surface area contributed by atoms with Crippen molar-refractivity contribution >= 4 is 11.6 Å². The Morgan fingerprint density at radius 3 is 1.62 bits per heavy atom. The van der Waals surface area contributed by atoms with Crippen LogP contribution < -0.4 is 0 Å². The van der Waals surface area contributed by atoms with Gasteiger partial charge in [-0.05, 0) is 81.7 Å². The molecule has 8 N–H and O–H groups in total. The second-order valence-corrected chi connectivity index (χ2v) is 22.4. The van der Waals surface area contributed by atoms with Gasteiger partial charge in [-0.2, -0.15) is 0 Å². The number of ketones is 2. The maximum absolute atomic E-state index is 14.4. The first-order chi connectivity index (χ1) is 35.9. The quantitative estimate of drug-likeness (QED) is 0.114. The Hall–Kier alpha value is -3.50. The summed E-state index contributed by atoms with van der Waals surface area (Å²) in [6, 6.07) is 3.16. The number of aliphatic hydroxyl groups is 5. The maximum Gasteiger partial charge on any atom is 0.202 e. The van der Waals surface area contributed by atoms with E-state index in [-0.39, 0.29) is 60.8 Å². The Morgan fingerprint density at radius 1 is 0.566 bits per heavy atom. The summed E-state index contributed by atoms with van der Waals surface area (Å²) in [7, 11) is 7.42. The minimum absolute atomic E-state index is 0.0000129. The van der Waals surface area contributed by atoms with Crippen molar-refractivity contribution in [1.29, 1.82) is 0 Å². The number of aromatic hydroxyl groups is 3. The van der Waals surface area contributed by atoms with Crippen LogP contribution in [0.5, 0.6) is 17.2 Å². The lowest BCUT2D eigenvalue weighted by Crippen LogP contribution is -2.58. The molecule has 22 atom stereocenters. The SMILES string of the molecule is CC[C@@]1(O)C[C@H](OC2CC(N(C)C)C(OC3CC(O)C(OC4CCC(O)C(C)O4)C(C)O3)C(C)O2)c2c(O)c3c(c(O)c2[C@H]1OC1CC(N(C)C)C(OC2CC(O)C(O)C(C)O2)C(C)O1)C(=O)c1cccc(O)c1C3=O. The van der Waals surface area contributed by atoms with Gasteiger partial charge in [0.2, 0.25) is 5.78 Å². The summed E-state index contributed by atoms with van der Waals surface area (Å²) in [6.07, 6.45) is -14.9. The number of carbonyl (C=O) groups is 2. The van der Waals surface area contributed by atoms with Gasteiger partial charge in [-0.25, -0.2) is 0 Å². The standard InChI is InChI=1S/C54H78N2O20/c1-11-54(66)21-34(72-36-17-28(55(7)8)50(24(4)69-36)75-39-20-33(60)52(26(6)71-39)73-35-16-15-30(57)22(2)67-35)41-44(49(65)42-43(48(41)64)47(63)40-27(46(42)62)13-12-14-31(40)58)53(54)76-37-18-29(56(9)10)51(25(5)70-37)74-38-19-32(59)45(61)23(3)68-38/h12-14,22-26,28-30,32-39,45,50-53,57-61,64-66H,11,15-21H2,1-10H3/t22?,23?,24?,25?,26?,28?,29?,30?,32?,33?,34-,35?,36?,37?,38?,39?,45?,50?,51?,52?,53+,54+/m0/s1. The van der Waals surface area contributed by atoms with Crippen LogP contribution in [0.1, 0.15) is 148 Å². The third-order valence-electron chi connectivity index (χ3n) is 16.8. The van der Waals surface area contributed by atoms with Crippen molar-refractivity contribution in [3.63, 3.8) is 0 Å². The largest absolute Gasteiger partial charge is 0.507 e. The van der Waals surface area contributed by atoms with Gasteiger partial charge in [0.1, 0.15) is 47.8 Å². The fourth-order valence-corrected chi connectivity index (χ4v) is 12.4. The number of carbonyl (C=O) groups excluding carboxylic acids is 2. The average molecular weight is 1080 g/mol. The van der Waals surface area contributed by atoms with Crippen molar-refractivity contribution in [1.82, 2.24) is 9.80 Å². The van der Waals surface area contributed by atoms with E-state index in [0.717, 1.165) is 0 Å². The van der Waals surface area contributed by atoms with Crippen LogP contribution in [0.15, 0.2) is 18.2 Å². The Bertz CT molecular complexity index is 2400. The smallest absolute Gasteiger partial charge is 0.202 e. The molecular formula is C54H78N2O20. The molecule has 0 spiro atoms. The van der Waals surface area contributed by atoms with Crippen molar-refractivity contribution < 1.29 is 97.8 Å². The number of nitrogens with zero attached hydrogens (tertiary/aromatic N) is 2. The molecule has 2 aromatic rings. The zero-order valence-electron chi connectivity index (χ0n) is 44.9. The number of phenols is 3. The van der Waals surface area contributed by atoms with Crippen LogP contribution in [0.25, 0.3) is 0 Å². The van der Waals surface area contributed by atoms with Gasteiger partial charge in [-0.1, -0.05) is 19.1 Å². The van der Waals surface area contributed by atoms with Gasteiger partial charge in [0, 0.05) is 67.3 Å². The van der Waals surface area contributed by atoms with Crippen LogP contribution in [0.2, 0.25) is 0 Å². The molecule has 5 saturated heterocycles. The van der Waals surface area contributed by atoms with Gasteiger partial charge >= 0.3 is 0 Å². The number of hydrogen-bond acceptors (Lipinski definition) is 22. The minimum Gasteiger partial charge on any atom is -0.507 e. The van der Waals surface area contributed by atoms with Crippen molar-refractivity contribution in [2.75, 3.05) is 28.2 Å². The maximum atomic E-state index is 14.4. The Morgan fingerprint density at radius 2 is 1.07 bits per heavy atom. The van der Waals surface area contributed by atoms with Crippen molar-refractivity contribution in [2.24, 2.45) is 0 Å². The highest BCUT2D eigenvalue weighted by molar-refractivity contribution is 6.31. The molecule has 5 fully saturated rings. The molecule has 2 aromatic carbocycles. The number of ether oxygens (including phenoxy) is 10. The number of fused-ring (bicyclic) bond motifs is 3. The summed E-state index contributed by atoms with van der Waals surface area (Å²) in [5, 5.41) is 91.3. The van der Waals surface area contributed by atoms with Crippen molar-refractivity contribution in [2.45, 2.75) is 227 Å². The van der Waals surface area contributed by atoms with Crippen LogP contribution in [0.3, 0.4) is 0 Å². The topological polar surface area (TPSA) is 295 Å². The van der Waals surface area contributed by atoms with Crippen LogP contribution in [0.4, 0.5) is 0 Å². The van der Waals surface area contributed by atoms with E-state index >= 15 is 0 Å². The molecule has 5 aliphatic heterocycles. The molecule has 22 heteroatoms. The fourth-order valence-electron chi connectivity index (χ4n) is 12.4. The van der Waals surface area contributed by atoms with Crippen LogP contribution in [-0.4, -0.2) is 213 Å². The normalized spacial score (nSPS) is 41.9. The van der Waals surface area contributed by atoms with E-state index in [4.69, 9.17) is 47.4 Å². The van der Waals surface area contributed by atoms with Crippen molar-refractivity contribution in [3.8, 4) is 17.2 Å². The molecule has 0 bridgehead atoms. The summed E-state index contributed by atoms with van der Waals surface area (Å²) in [4.78, 5) is 32.7. The zero-order chi connectivity index (χ0) is 55.0. The van der Waals surface area contributed by atoms with E-state index < -0.39 is 175 Å². The highest BCUT2D eigenvalue weighted by atomic mass is 16.7. The Balaban J connectivity index is 0.997. The first-order valence-corrected chi connectivity index (χ1v) is 26.8. The number of aliphatic hydroxyl groups excluding tert-OH is 4. The summed E-state index contributed by atoms with van der Waals surface area (Å²) < 4.78 is 63.9. The lowest BCUT2D eigenvalue weighted by atomic mass is 9.70. The Labute approximate surface area is 442 Å². The molecule has 7 aliphatic rings. The first-order valence-electron chi connectivity index (χ1n) is 26.8. The molecule has 9 rings (SSSR count). The van der Waals surface area contributed by atoms with Gasteiger partial charge in [0.25, 0.3) is 0 Å². The van der Waals surface area contributed by atoms with E-state index in [2.05, 4.69) is 0 Å². The minimum atomic E-state index is -1.89. The van der Waals surface area contributed by atoms with Gasteiger partial charge in [0.05, 0.1) is 77.2 Å². The number of benzene rings is 2. The molecule has 5 heterocycles. The summed E-state index contributed by atoms with van der Waals surface area (Å²) in [6.45, 7) is 10.5. The number of rotatable bonds is 13. The lowest BCUT2D eigenvalue weighted by molar-refractivity contribution is -0.330. The second-order valence-electron chi connectivity index (χ2n) is 22.4. The molecular weight excluding hydrogens is 997 g/mol. The highest BCUT2D eigenvalue weighted by Gasteiger charge is 2.55. The second kappa shape index (κ2) is 22.6. The van der Waals surface area contributed by atoms with E-state index in [1.807, 2.05) is 38.0 Å². The summed E-state index contributed by atoms with van der Waals surface area (Å²) in [5.41, 5.74) is -3.85. The zero-order valence-corrected chi connectivity index (χ0v) is 44.9. The Kier molecular flexibility index (Phi) is 17.0. The highest BCUT2D eigenvalue weighted by Crippen LogP contribution is 2.58. The first kappa shape index (κ1) is 57.2. The van der Waals surface area contributed by atoms with E-state index in [9.17, 15) is 50.4 Å². The number of phenolic OH excluding ortho intramolecular Hbond substituents is 3. The van der Waals surface area contributed by atoms with Crippen LogP contribution >= 0.6 is 0 Å². The van der Waals surface area contributed by atoms with Gasteiger partial charge in [-0.3, -0.25) is 9.59 Å². The van der Waals surface area contributed by atoms with E-state index in [1.54, 1.807) is 41.5 Å². The van der Waals surface area contributed by atoms with E-state index in [1.165, 1.54) is 18.2 Å². The van der Waals surface area contributed by atoms with E-state index in [0.29, 0.717) is 12.8 Å². The molecule has 76 heavy (non-hydrogen) atoms. The molecule has 0 radical (unpaired) electrons. The summed E-state index contributed by atoms with van der Waals surface area (Å²) in [5.74, 6) is -3.70. The van der Waals surface area contributed by atoms with Crippen LogP contribution in [0, 0.1) is 0 Å². The van der Waals surface area contributed by atoms with Crippen molar-refractivity contribution in [3.05, 3.63) is 51.6 Å². The van der Waals surface area contributed by atoms with Gasteiger partial charge in [-0.15, -0.1) is 0 Å². The molecule has 19 unspecified atom stereocenters. The third-order valence-corrected chi connectivity index (χ3v) is 16.8. The predicted molar refractivity (Wildman–Crippen MR) is 265 cm³/mol. The molecule has 22 nitrogen and oxygen atoms in total. The lowest BCUT2D eigenvalue weighted by Gasteiger charge is -2.50. The molecule has 2 aliphatic carbocycles. The molecule has 0 saturated carbocycles. The fraction of sp³-hybridized carbons (Fsp3) is 0.741. The average Bonchev–Trinajstić information content (AvgIpc) is 3.35. The molecule has 424 valence electrons. The predicted octanol–water partition coefficient (Wildman–Crippen LogP) is 2.76. The molecule has 0 amide bonds. The van der Waals surface area contributed by atoms with Gasteiger partial charge in [0.15, 0.2) is 37.2 Å². The summed E-state index contributed by atoms with van der Waals surface area (Å²) >= 11 is 0.